The third-order valence-electron chi connectivity index (χ3n) is 5.00. The molecule has 1 aliphatic rings. The first kappa shape index (κ1) is 18.7. The first-order chi connectivity index (χ1) is 13.5. The standard InChI is InChI=1S/C17H23N7O4/c1-2-3-9(23-5-4-19-7-23)15-21-14(18)11-16(22-15)24(8-20-11)17-13(27)12(26)10(6-25)28-17/h4-5,7-10,12-13,17,25-27H,2-3,6H2,1H3,(H2,18,21,22)/t9?,10-,12?,13?,17-/m1/s1. The summed E-state index contributed by atoms with van der Waals surface area (Å²) in [7, 11) is 0. The second-order valence-corrected chi connectivity index (χ2v) is 6.83. The molecule has 5 atom stereocenters. The van der Waals surface area contributed by atoms with Crippen molar-refractivity contribution in [1.29, 1.82) is 0 Å². The largest absolute Gasteiger partial charge is 0.394 e. The lowest BCUT2D eigenvalue weighted by Gasteiger charge is -2.19. The van der Waals surface area contributed by atoms with E-state index in [4.69, 9.17) is 10.5 Å². The molecule has 0 aliphatic carbocycles. The van der Waals surface area contributed by atoms with E-state index < -0.39 is 31.1 Å². The van der Waals surface area contributed by atoms with Gasteiger partial charge >= 0.3 is 0 Å². The van der Waals surface area contributed by atoms with Crippen LogP contribution in [-0.2, 0) is 4.74 Å². The van der Waals surface area contributed by atoms with Gasteiger partial charge in [0, 0.05) is 12.4 Å². The first-order valence-corrected chi connectivity index (χ1v) is 9.15. The summed E-state index contributed by atoms with van der Waals surface area (Å²) in [6.45, 7) is 1.65. The summed E-state index contributed by atoms with van der Waals surface area (Å²) in [6.07, 6.45) is 4.05. The van der Waals surface area contributed by atoms with Crippen LogP contribution < -0.4 is 5.73 Å². The van der Waals surface area contributed by atoms with Gasteiger partial charge in [0.2, 0.25) is 0 Å². The fourth-order valence-electron chi connectivity index (χ4n) is 3.54. The van der Waals surface area contributed by atoms with E-state index in [1.54, 1.807) is 12.5 Å². The number of nitrogen functional groups attached to an aromatic ring is 1. The third kappa shape index (κ3) is 3.02. The summed E-state index contributed by atoms with van der Waals surface area (Å²) >= 11 is 0. The first-order valence-electron chi connectivity index (χ1n) is 9.15. The van der Waals surface area contributed by atoms with Gasteiger partial charge in [0.1, 0.15) is 23.8 Å². The number of aliphatic hydroxyl groups excluding tert-OH is 3. The molecular formula is C17H23N7O4. The Bertz CT molecular complexity index is 945. The number of rotatable bonds is 6. The predicted octanol–water partition coefficient (Wildman–Crippen LogP) is -0.394. The van der Waals surface area contributed by atoms with E-state index in [2.05, 4.69) is 26.9 Å². The van der Waals surface area contributed by atoms with Crippen LogP contribution in [0.15, 0.2) is 25.0 Å². The van der Waals surface area contributed by atoms with Crippen LogP contribution >= 0.6 is 0 Å². The molecule has 0 saturated carbocycles. The maximum atomic E-state index is 10.4. The van der Waals surface area contributed by atoms with E-state index in [1.807, 2.05) is 10.8 Å². The number of nitrogens with zero attached hydrogens (tertiary/aromatic N) is 6. The number of hydrogen-bond acceptors (Lipinski definition) is 9. The van der Waals surface area contributed by atoms with Crippen LogP contribution in [0.2, 0.25) is 0 Å². The second kappa shape index (κ2) is 7.43. The number of ether oxygens (including phenoxy) is 1. The molecule has 4 rings (SSSR count). The molecule has 1 saturated heterocycles. The Kier molecular flexibility index (Phi) is 4.98. The monoisotopic (exact) mass is 389 g/mol. The van der Waals surface area contributed by atoms with Crippen LogP contribution in [0.4, 0.5) is 5.82 Å². The summed E-state index contributed by atoms with van der Waals surface area (Å²) in [4.78, 5) is 17.4. The Balaban J connectivity index is 1.79. The number of imidazole rings is 2. The molecule has 11 heteroatoms. The molecule has 0 radical (unpaired) electrons. The van der Waals surface area contributed by atoms with Crippen molar-refractivity contribution in [2.24, 2.45) is 0 Å². The fourth-order valence-corrected chi connectivity index (χ4v) is 3.54. The van der Waals surface area contributed by atoms with E-state index in [-0.39, 0.29) is 11.9 Å². The molecule has 11 nitrogen and oxygen atoms in total. The minimum absolute atomic E-state index is 0.159. The minimum Gasteiger partial charge on any atom is -0.394 e. The van der Waals surface area contributed by atoms with Crippen LogP contribution in [0, 0.1) is 0 Å². The van der Waals surface area contributed by atoms with Crippen molar-refractivity contribution in [3.05, 3.63) is 30.9 Å². The van der Waals surface area contributed by atoms with E-state index in [9.17, 15) is 15.3 Å². The summed E-state index contributed by atoms with van der Waals surface area (Å²) in [5.74, 6) is 0.713. The molecule has 28 heavy (non-hydrogen) atoms. The van der Waals surface area contributed by atoms with Gasteiger partial charge < -0.3 is 30.4 Å². The van der Waals surface area contributed by atoms with Gasteiger partial charge in [-0.15, -0.1) is 0 Å². The normalized spacial score (nSPS) is 26.1. The molecule has 1 aliphatic heterocycles. The molecule has 3 unspecified atom stereocenters. The van der Waals surface area contributed by atoms with Crippen molar-refractivity contribution < 1.29 is 20.1 Å². The van der Waals surface area contributed by atoms with Gasteiger partial charge in [-0.2, -0.15) is 0 Å². The Morgan fingerprint density at radius 2 is 2.07 bits per heavy atom. The Morgan fingerprint density at radius 1 is 1.25 bits per heavy atom. The Morgan fingerprint density at radius 3 is 2.71 bits per heavy atom. The van der Waals surface area contributed by atoms with Gasteiger partial charge in [-0.25, -0.2) is 19.9 Å². The van der Waals surface area contributed by atoms with Crippen LogP contribution in [0.5, 0.6) is 0 Å². The lowest BCUT2D eigenvalue weighted by Crippen LogP contribution is -2.33. The molecule has 1 fully saturated rings. The Labute approximate surface area is 160 Å². The summed E-state index contributed by atoms with van der Waals surface area (Å²) in [5.41, 5.74) is 6.89. The highest BCUT2D eigenvalue weighted by Gasteiger charge is 2.44. The lowest BCUT2D eigenvalue weighted by molar-refractivity contribution is -0.0511. The number of aliphatic hydroxyl groups is 3. The number of nitrogens with two attached hydrogens (primary N) is 1. The molecule has 150 valence electrons. The van der Waals surface area contributed by atoms with Gasteiger partial charge in [-0.1, -0.05) is 13.3 Å². The molecule has 3 aromatic heterocycles. The van der Waals surface area contributed by atoms with E-state index in [0.717, 1.165) is 12.8 Å². The molecule has 5 N–H and O–H groups in total. The maximum Gasteiger partial charge on any atom is 0.168 e. The average molecular weight is 389 g/mol. The van der Waals surface area contributed by atoms with Gasteiger partial charge in [0.25, 0.3) is 0 Å². The number of fused-ring (bicyclic) bond motifs is 1. The molecule has 3 aromatic rings. The SMILES string of the molecule is CCCC(c1nc(N)c2ncn([C@@H]3O[C@H](CO)C(O)C3O)c2n1)n1ccnc1. The number of anilines is 1. The minimum atomic E-state index is -1.24. The summed E-state index contributed by atoms with van der Waals surface area (Å²) in [6, 6.07) is -0.159. The molecule has 0 spiro atoms. The highest BCUT2D eigenvalue weighted by Crippen LogP contribution is 2.33. The van der Waals surface area contributed by atoms with Crippen molar-refractivity contribution in [1.82, 2.24) is 29.1 Å². The highest BCUT2D eigenvalue weighted by atomic mass is 16.6. The van der Waals surface area contributed by atoms with Gasteiger partial charge in [-0.05, 0) is 6.42 Å². The predicted molar refractivity (Wildman–Crippen MR) is 98.0 cm³/mol. The molecule has 0 amide bonds. The quantitative estimate of drug-likeness (QED) is 0.440. The number of aromatic nitrogens is 6. The van der Waals surface area contributed by atoms with E-state index in [0.29, 0.717) is 17.0 Å². The molecule has 4 heterocycles. The van der Waals surface area contributed by atoms with E-state index >= 15 is 0 Å². The van der Waals surface area contributed by atoms with Crippen LogP contribution in [-0.4, -0.2) is 69.3 Å². The molecule has 0 bridgehead atoms. The average Bonchev–Trinajstić information content (AvgIpc) is 3.41. The number of hydrogen-bond donors (Lipinski definition) is 4. The van der Waals surface area contributed by atoms with Crippen LogP contribution in [0.3, 0.4) is 0 Å². The lowest BCUT2D eigenvalue weighted by atomic mass is 10.1. The van der Waals surface area contributed by atoms with Crippen LogP contribution in [0.1, 0.15) is 37.9 Å². The van der Waals surface area contributed by atoms with Crippen molar-refractivity contribution in [3.8, 4) is 0 Å². The molecule has 0 aromatic carbocycles. The zero-order valence-electron chi connectivity index (χ0n) is 15.3. The topological polar surface area (TPSA) is 157 Å². The second-order valence-electron chi connectivity index (χ2n) is 6.83. The van der Waals surface area contributed by atoms with Gasteiger partial charge in [0.15, 0.2) is 23.5 Å². The van der Waals surface area contributed by atoms with Gasteiger partial charge in [-0.3, -0.25) is 4.57 Å². The summed E-state index contributed by atoms with van der Waals surface area (Å²) < 4.78 is 9.03. The van der Waals surface area contributed by atoms with Crippen molar-refractivity contribution >= 4 is 17.0 Å². The highest BCUT2D eigenvalue weighted by molar-refractivity contribution is 5.81. The van der Waals surface area contributed by atoms with Crippen molar-refractivity contribution in [2.75, 3.05) is 12.3 Å². The Hall–Kier alpha value is -2.60. The molecular weight excluding hydrogens is 366 g/mol. The van der Waals surface area contributed by atoms with Crippen molar-refractivity contribution in [3.63, 3.8) is 0 Å². The van der Waals surface area contributed by atoms with Crippen LogP contribution in [0.25, 0.3) is 11.2 Å². The van der Waals surface area contributed by atoms with E-state index in [1.165, 1.54) is 10.9 Å². The smallest absolute Gasteiger partial charge is 0.168 e. The third-order valence-corrected chi connectivity index (χ3v) is 5.00. The summed E-state index contributed by atoms with van der Waals surface area (Å²) in [5, 5.41) is 29.7. The fraction of sp³-hybridized carbons (Fsp3) is 0.529. The van der Waals surface area contributed by atoms with Gasteiger partial charge in [0.05, 0.1) is 25.3 Å². The van der Waals surface area contributed by atoms with Crippen molar-refractivity contribution in [2.45, 2.75) is 50.3 Å². The maximum absolute atomic E-state index is 10.4. The zero-order chi connectivity index (χ0) is 19.8. The zero-order valence-corrected chi connectivity index (χ0v) is 15.3.